The SMILES string of the molecule is O=C1C=CC=NC1. The topological polar surface area (TPSA) is 29.4 Å². The van der Waals surface area contributed by atoms with Crippen molar-refractivity contribution in [3.05, 3.63) is 12.2 Å². The second-order valence-corrected chi connectivity index (χ2v) is 1.32. The van der Waals surface area contributed by atoms with Gasteiger partial charge in [-0.1, -0.05) is 0 Å². The van der Waals surface area contributed by atoms with Gasteiger partial charge in [0.1, 0.15) is 6.54 Å². The lowest BCUT2D eigenvalue weighted by Gasteiger charge is -1.88. The first kappa shape index (κ1) is 4.24. The Morgan fingerprint density at radius 3 is 2.86 bits per heavy atom. The third kappa shape index (κ3) is 0.961. The van der Waals surface area contributed by atoms with Crippen LogP contribution >= 0.6 is 0 Å². The number of rotatable bonds is 0. The summed E-state index contributed by atoms with van der Waals surface area (Å²) < 4.78 is 0. The molecular weight excluding hydrogens is 90.1 g/mol. The van der Waals surface area contributed by atoms with Crippen LogP contribution in [0.1, 0.15) is 0 Å². The zero-order valence-electron chi connectivity index (χ0n) is 3.79. The Balaban J connectivity index is 2.66. The molecule has 0 bridgehead atoms. The molecule has 0 spiro atoms. The minimum absolute atomic E-state index is 0.0856. The van der Waals surface area contributed by atoms with Crippen molar-refractivity contribution in [2.45, 2.75) is 0 Å². The van der Waals surface area contributed by atoms with E-state index in [1.54, 1.807) is 12.3 Å². The second-order valence-electron chi connectivity index (χ2n) is 1.32. The maximum Gasteiger partial charge on any atom is 0.177 e. The lowest BCUT2D eigenvalue weighted by molar-refractivity contribution is -0.113. The van der Waals surface area contributed by atoms with Crippen LogP contribution in [0.25, 0.3) is 0 Å². The summed E-state index contributed by atoms with van der Waals surface area (Å²) >= 11 is 0. The lowest BCUT2D eigenvalue weighted by atomic mass is 10.3. The van der Waals surface area contributed by atoms with Crippen LogP contribution in [0.15, 0.2) is 17.1 Å². The van der Waals surface area contributed by atoms with Gasteiger partial charge in [-0.3, -0.25) is 9.79 Å². The van der Waals surface area contributed by atoms with E-state index in [1.165, 1.54) is 6.08 Å². The maximum atomic E-state index is 10.3. The van der Waals surface area contributed by atoms with Crippen molar-refractivity contribution in [3.8, 4) is 0 Å². The highest BCUT2D eigenvalue weighted by atomic mass is 16.1. The molecule has 0 aromatic heterocycles. The fourth-order valence-corrected chi connectivity index (χ4v) is 0.407. The van der Waals surface area contributed by atoms with Crippen LogP contribution in [0, 0.1) is 0 Å². The first-order chi connectivity index (χ1) is 3.39. The molecule has 7 heavy (non-hydrogen) atoms. The highest BCUT2D eigenvalue weighted by Gasteiger charge is 1.93. The van der Waals surface area contributed by atoms with E-state index in [2.05, 4.69) is 4.99 Å². The number of dihydropyridines is 1. The Bertz CT molecular complexity index is 135. The maximum absolute atomic E-state index is 10.3. The molecule has 1 rings (SSSR count). The number of aliphatic imine (C=N–C) groups is 1. The van der Waals surface area contributed by atoms with E-state index in [4.69, 9.17) is 0 Å². The summed E-state index contributed by atoms with van der Waals surface area (Å²) in [6.07, 6.45) is 4.79. The van der Waals surface area contributed by atoms with Crippen LogP contribution in [-0.2, 0) is 4.79 Å². The van der Waals surface area contributed by atoms with Crippen molar-refractivity contribution in [1.82, 2.24) is 0 Å². The Morgan fingerprint density at radius 1 is 1.71 bits per heavy atom. The van der Waals surface area contributed by atoms with E-state index in [1.807, 2.05) is 0 Å². The molecule has 0 saturated heterocycles. The molecule has 0 atom stereocenters. The number of allylic oxidation sites excluding steroid dienone is 1. The zero-order chi connectivity index (χ0) is 5.11. The summed E-state index contributed by atoms with van der Waals surface area (Å²) in [6.45, 7) is 0.330. The average Bonchev–Trinajstić information content (AvgIpc) is 1.69. The molecule has 2 heteroatoms. The van der Waals surface area contributed by atoms with Gasteiger partial charge in [-0.05, 0) is 12.2 Å². The van der Waals surface area contributed by atoms with Crippen LogP contribution in [0.5, 0.6) is 0 Å². The zero-order valence-corrected chi connectivity index (χ0v) is 3.79. The van der Waals surface area contributed by atoms with Gasteiger partial charge in [-0.25, -0.2) is 0 Å². The normalized spacial score (nSPS) is 18.0. The molecule has 0 aliphatic carbocycles. The first-order valence-electron chi connectivity index (χ1n) is 2.09. The standard InChI is InChI=1S/C5H5NO/c7-5-2-1-3-6-4-5/h1-3H,4H2. The largest absolute Gasteiger partial charge is 0.293 e. The Labute approximate surface area is 41.6 Å². The fraction of sp³-hybridized carbons (Fsp3) is 0.200. The molecule has 0 amide bonds. The van der Waals surface area contributed by atoms with Gasteiger partial charge in [0.05, 0.1) is 0 Å². The van der Waals surface area contributed by atoms with Crippen LogP contribution < -0.4 is 0 Å². The third-order valence-corrected chi connectivity index (χ3v) is 0.721. The van der Waals surface area contributed by atoms with E-state index in [0.717, 1.165) is 0 Å². The summed E-state index contributed by atoms with van der Waals surface area (Å²) in [7, 11) is 0. The number of hydrogen-bond donors (Lipinski definition) is 0. The minimum atomic E-state index is 0.0856. The minimum Gasteiger partial charge on any atom is -0.293 e. The molecule has 2 nitrogen and oxygen atoms in total. The van der Waals surface area contributed by atoms with Gasteiger partial charge in [0.2, 0.25) is 0 Å². The summed E-state index contributed by atoms with van der Waals surface area (Å²) in [4.78, 5) is 14.0. The van der Waals surface area contributed by atoms with Crippen molar-refractivity contribution in [2.75, 3.05) is 6.54 Å². The summed E-state index contributed by atoms with van der Waals surface area (Å²) in [5, 5.41) is 0. The van der Waals surface area contributed by atoms with Gasteiger partial charge in [-0.2, -0.15) is 0 Å². The van der Waals surface area contributed by atoms with Gasteiger partial charge < -0.3 is 0 Å². The predicted octanol–water partition coefficient (Wildman–Crippen LogP) is 0.196. The number of hydrogen-bond acceptors (Lipinski definition) is 2. The monoisotopic (exact) mass is 95.0 g/mol. The predicted molar refractivity (Wildman–Crippen MR) is 27.5 cm³/mol. The number of carbonyl (C=O) groups is 1. The van der Waals surface area contributed by atoms with Gasteiger partial charge in [0, 0.05) is 6.21 Å². The van der Waals surface area contributed by atoms with Crippen molar-refractivity contribution in [2.24, 2.45) is 4.99 Å². The molecule has 1 aliphatic rings. The Hall–Kier alpha value is -0.920. The number of ketones is 1. The second kappa shape index (κ2) is 1.69. The molecular formula is C5H5NO. The van der Waals surface area contributed by atoms with Crippen LogP contribution in [0.2, 0.25) is 0 Å². The molecule has 0 aromatic rings. The molecule has 0 radical (unpaired) electrons. The van der Waals surface area contributed by atoms with Crippen LogP contribution in [-0.4, -0.2) is 18.5 Å². The average molecular weight is 95.1 g/mol. The Morgan fingerprint density at radius 2 is 2.57 bits per heavy atom. The third-order valence-electron chi connectivity index (χ3n) is 0.721. The lowest BCUT2D eigenvalue weighted by Crippen LogP contribution is -2.00. The van der Waals surface area contributed by atoms with E-state index in [0.29, 0.717) is 6.54 Å². The molecule has 0 unspecified atom stereocenters. The molecule has 1 heterocycles. The van der Waals surface area contributed by atoms with E-state index in [-0.39, 0.29) is 5.78 Å². The van der Waals surface area contributed by atoms with Crippen LogP contribution in [0.3, 0.4) is 0 Å². The quantitative estimate of drug-likeness (QED) is 0.422. The van der Waals surface area contributed by atoms with Crippen molar-refractivity contribution in [1.29, 1.82) is 0 Å². The summed E-state index contributed by atoms with van der Waals surface area (Å²) in [5.41, 5.74) is 0. The molecule has 0 N–H and O–H groups in total. The van der Waals surface area contributed by atoms with E-state index in [9.17, 15) is 4.79 Å². The van der Waals surface area contributed by atoms with Gasteiger partial charge in [0.15, 0.2) is 5.78 Å². The summed E-state index contributed by atoms with van der Waals surface area (Å²) in [5.74, 6) is 0.0856. The number of nitrogens with zero attached hydrogens (tertiary/aromatic N) is 1. The highest BCUT2D eigenvalue weighted by molar-refractivity contribution is 5.98. The van der Waals surface area contributed by atoms with Gasteiger partial charge in [0.25, 0.3) is 0 Å². The molecule has 0 saturated carbocycles. The smallest absolute Gasteiger partial charge is 0.177 e. The van der Waals surface area contributed by atoms with Gasteiger partial charge >= 0.3 is 0 Å². The highest BCUT2D eigenvalue weighted by Crippen LogP contribution is 1.82. The summed E-state index contributed by atoms with van der Waals surface area (Å²) in [6, 6.07) is 0. The van der Waals surface area contributed by atoms with Crippen molar-refractivity contribution in [3.63, 3.8) is 0 Å². The first-order valence-corrected chi connectivity index (χ1v) is 2.09. The fourth-order valence-electron chi connectivity index (χ4n) is 0.407. The van der Waals surface area contributed by atoms with Gasteiger partial charge in [-0.15, -0.1) is 0 Å². The molecule has 1 aliphatic heterocycles. The van der Waals surface area contributed by atoms with Crippen molar-refractivity contribution >= 4 is 12.0 Å². The molecule has 36 valence electrons. The Kier molecular flexibility index (Phi) is 1.02. The van der Waals surface area contributed by atoms with E-state index < -0.39 is 0 Å². The van der Waals surface area contributed by atoms with Crippen LogP contribution in [0.4, 0.5) is 0 Å². The number of carbonyl (C=O) groups excluding carboxylic acids is 1. The van der Waals surface area contributed by atoms with Crippen molar-refractivity contribution < 1.29 is 4.79 Å². The molecule has 0 aromatic carbocycles. The van der Waals surface area contributed by atoms with E-state index >= 15 is 0 Å². The molecule has 0 fully saturated rings.